The molecule has 0 saturated heterocycles. The number of carbonyl (C=O) groups excluding carboxylic acids is 1. The van der Waals surface area contributed by atoms with Crippen molar-refractivity contribution >= 4 is 39.8 Å². The van der Waals surface area contributed by atoms with E-state index in [-0.39, 0.29) is 18.0 Å². The summed E-state index contributed by atoms with van der Waals surface area (Å²) in [5.41, 5.74) is 0.669. The van der Waals surface area contributed by atoms with Crippen LogP contribution >= 0.6 is 23.1 Å². The molecule has 1 atom stereocenters. The number of aromatic nitrogens is 2. The molecule has 1 aromatic heterocycles. The Morgan fingerprint density at radius 3 is 3.12 bits per heavy atom. The molecule has 2 heterocycles. The third-order valence-electron chi connectivity index (χ3n) is 3.09. The Balaban J connectivity index is 1.56. The number of carbonyl (C=O) groups is 1. The van der Waals surface area contributed by atoms with Crippen molar-refractivity contribution in [3.05, 3.63) is 30.9 Å². The first-order valence-electron chi connectivity index (χ1n) is 7.21. The largest absolute Gasteiger partial charge is 0.454 e. The van der Waals surface area contributed by atoms with Gasteiger partial charge in [0.15, 0.2) is 15.8 Å². The summed E-state index contributed by atoms with van der Waals surface area (Å²) in [5, 5.41) is 14.4. The van der Waals surface area contributed by atoms with Crippen LogP contribution in [-0.2, 0) is 4.79 Å². The van der Waals surface area contributed by atoms with Crippen molar-refractivity contribution in [2.24, 2.45) is 0 Å². The summed E-state index contributed by atoms with van der Waals surface area (Å²) in [6.07, 6.45) is 1.75. The minimum absolute atomic E-state index is 0.116. The molecule has 0 unspecified atom stereocenters. The molecule has 24 heavy (non-hydrogen) atoms. The van der Waals surface area contributed by atoms with Gasteiger partial charge in [0.05, 0.1) is 5.25 Å². The van der Waals surface area contributed by atoms with Crippen molar-refractivity contribution in [3.63, 3.8) is 0 Å². The second-order valence-electron chi connectivity index (χ2n) is 4.86. The van der Waals surface area contributed by atoms with E-state index < -0.39 is 0 Å². The fraction of sp³-hybridized carbons (Fsp3) is 0.267. The number of benzene rings is 1. The van der Waals surface area contributed by atoms with Crippen LogP contribution in [0.5, 0.6) is 11.5 Å². The number of amides is 1. The average molecular weight is 364 g/mol. The third-order valence-corrected chi connectivity index (χ3v) is 5.16. The molecule has 1 amide bonds. The minimum Gasteiger partial charge on any atom is -0.454 e. The van der Waals surface area contributed by atoms with Gasteiger partial charge in [-0.2, -0.15) is 0 Å². The van der Waals surface area contributed by atoms with Gasteiger partial charge in [-0.3, -0.25) is 4.79 Å². The summed E-state index contributed by atoms with van der Waals surface area (Å²) in [4.78, 5) is 12.3. The number of ether oxygens (including phenoxy) is 2. The number of hydrogen-bond donors (Lipinski definition) is 2. The second-order valence-corrected chi connectivity index (χ2v) is 7.43. The standard InChI is InChI=1S/C15H16N4O3S2/c1-3-6-16-14-18-19-15(24-14)23-9(2)13(20)17-10-4-5-11-12(7-10)22-8-21-11/h3-5,7,9H,1,6,8H2,2H3,(H,16,18)(H,17,20)/t9-/m0/s1. The van der Waals surface area contributed by atoms with E-state index in [1.165, 1.54) is 23.1 Å². The van der Waals surface area contributed by atoms with Crippen LogP contribution in [0, 0.1) is 0 Å². The first kappa shape index (κ1) is 16.6. The minimum atomic E-state index is -0.310. The highest BCUT2D eigenvalue weighted by molar-refractivity contribution is 8.02. The highest BCUT2D eigenvalue weighted by Gasteiger charge is 2.19. The van der Waals surface area contributed by atoms with Gasteiger partial charge in [-0.25, -0.2) is 0 Å². The Morgan fingerprint density at radius 2 is 2.29 bits per heavy atom. The molecule has 0 bridgehead atoms. The van der Waals surface area contributed by atoms with E-state index in [4.69, 9.17) is 9.47 Å². The summed E-state index contributed by atoms with van der Waals surface area (Å²) in [5.74, 6) is 1.20. The van der Waals surface area contributed by atoms with Crippen molar-refractivity contribution in [1.29, 1.82) is 0 Å². The van der Waals surface area contributed by atoms with E-state index in [1.807, 2.05) is 6.92 Å². The van der Waals surface area contributed by atoms with Gasteiger partial charge in [-0.05, 0) is 19.1 Å². The Morgan fingerprint density at radius 1 is 1.46 bits per heavy atom. The van der Waals surface area contributed by atoms with Crippen LogP contribution in [0.4, 0.5) is 10.8 Å². The fourth-order valence-corrected chi connectivity index (χ4v) is 3.81. The van der Waals surface area contributed by atoms with Crippen LogP contribution in [0.15, 0.2) is 35.2 Å². The van der Waals surface area contributed by atoms with E-state index in [0.717, 1.165) is 4.34 Å². The normalized spacial score (nSPS) is 13.4. The molecular weight excluding hydrogens is 348 g/mol. The maximum Gasteiger partial charge on any atom is 0.237 e. The van der Waals surface area contributed by atoms with Gasteiger partial charge in [0.25, 0.3) is 0 Å². The molecule has 0 saturated carbocycles. The number of thioether (sulfide) groups is 1. The van der Waals surface area contributed by atoms with Crippen molar-refractivity contribution in [2.45, 2.75) is 16.5 Å². The lowest BCUT2D eigenvalue weighted by atomic mass is 10.2. The first-order chi connectivity index (χ1) is 11.7. The van der Waals surface area contributed by atoms with Crippen molar-refractivity contribution in [1.82, 2.24) is 10.2 Å². The number of hydrogen-bond acceptors (Lipinski definition) is 8. The van der Waals surface area contributed by atoms with E-state index in [0.29, 0.717) is 28.9 Å². The quantitative estimate of drug-likeness (QED) is 0.577. The zero-order valence-electron chi connectivity index (χ0n) is 12.9. The molecule has 0 aliphatic carbocycles. The van der Waals surface area contributed by atoms with Gasteiger partial charge >= 0.3 is 0 Å². The molecule has 1 aliphatic heterocycles. The van der Waals surface area contributed by atoms with E-state index in [2.05, 4.69) is 27.4 Å². The SMILES string of the molecule is C=CCNc1nnc(S[C@@H](C)C(=O)Nc2ccc3c(c2)OCO3)s1. The summed E-state index contributed by atoms with van der Waals surface area (Å²) < 4.78 is 11.3. The van der Waals surface area contributed by atoms with Crippen molar-refractivity contribution in [3.8, 4) is 11.5 Å². The third kappa shape index (κ3) is 3.98. The summed E-state index contributed by atoms with van der Waals surface area (Å²) in [6.45, 7) is 6.29. The Labute approximate surface area is 147 Å². The molecular formula is C15H16N4O3S2. The lowest BCUT2D eigenvalue weighted by Crippen LogP contribution is -2.22. The maximum atomic E-state index is 12.3. The molecule has 2 aromatic rings. The van der Waals surface area contributed by atoms with Gasteiger partial charge in [-0.1, -0.05) is 29.2 Å². The van der Waals surface area contributed by atoms with Gasteiger partial charge < -0.3 is 20.1 Å². The molecule has 9 heteroatoms. The van der Waals surface area contributed by atoms with Crippen molar-refractivity contribution in [2.75, 3.05) is 24.0 Å². The van der Waals surface area contributed by atoms with Crippen LogP contribution < -0.4 is 20.1 Å². The highest BCUT2D eigenvalue weighted by Crippen LogP contribution is 2.35. The number of anilines is 2. The molecule has 126 valence electrons. The van der Waals surface area contributed by atoms with Gasteiger partial charge in [-0.15, -0.1) is 16.8 Å². The molecule has 0 radical (unpaired) electrons. The molecule has 3 rings (SSSR count). The molecule has 2 N–H and O–H groups in total. The van der Waals surface area contributed by atoms with Gasteiger partial charge in [0, 0.05) is 18.3 Å². The smallest absolute Gasteiger partial charge is 0.237 e. The summed E-state index contributed by atoms with van der Waals surface area (Å²) >= 11 is 2.77. The molecule has 1 aliphatic rings. The van der Waals surface area contributed by atoms with Crippen LogP contribution in [0.1, 0.15) is 6.92 Å². The first-order valence-corrected chi connectivity index (χ1v) is 8.91. The topological polar surface area (TPSA) is 85.4 Å². The Bertz CT molecular complexity index is 750. The molecule has 1 aromatic carbocycles. The lowest BCUT2D eigenvalue weighted by Gasteiger charge is -2.10. The lowest BCUT2D eigenvalue weighted by molar-refractivity contribution is -0.115. The predicted molar refractivity (Wildman–Crippen MR) is 95.1 cm³/mol. The van der Waals surface area contributed by atoms with Crippen LogP contribution in [0.3, 0.4) is 0 Å². The number of nitrogens with zero attached hydrogens (tertiary/aromatic N) is 2. The monoisotopic (exact) mass is 364 g/mol. The number of rotatable bonds is 7. The Hall–Kier alpha value is -2.26. The number of nitrogens with one attached hydrogen (secondary N) is 2. The van der Waals surface area contributed by atoms with E-state index in [1.54, 1.807) is 24.3 Å². The predicted octanol–water partition coefficient (Wildman–Crippen LogP) is 2.98. The van der Waals surface area contributed by atoms with E-state index >= 15 is 0 Å². The van der Waals surface area contributed by atoms with Crippen LogP contribution in [0.25, 0.3) is 0 Å². The van der Waals surface area contributed by atoms with Gasteiger partial charge in [0.1, 0.15) is 0 Å². The van der Waals surface area contributed by atoms with E-state index in [9.17, 15) is 4.79 Å². The van der Waals surface area contributed by atoms with Crippen molar-refractivity contribution < 1.29 is 14.3 Å². The van der Waals surface area contributed by atoms with Crippen LogP contribution in [0.2, 0.25) is 0 Å². The Kier molecular flexibility index (Phi) is 5.21. The summed E-state index contributed by atoms with van der Waals surface area (Å²) in [6, 6.07) is 5.31. The van der Waals surface area contributed by atoms with Crippen LogP contribution in [-0.4, -0.2) is 34.7 Å². The zero-order valence-corrected chi connectivity index (χ0v) is 14.6. The van der Waals surface area contributed by atoms with Gasteiger partial charge in [0.2, 0.25) is 17.8 Å². The molecule has 0 fully saturated rings. The summed E-state index contributed by atoms with van der Waals surface area (Å²) in [7, 11) is 0. The maximum absolute atomic E-state index is 12.3. The second kappa shape index (κ2) is 7.54. The molecule has 0 spiro atoms. The number of fused-ring (bicyclic) bond motifs is 1. The fourth-order valence-electron chi connectivity index (χ4n) is 1.91. The highest BCUT2D eigenvalue weighted by atomic mass is 32.2. The molecule has 7 nitrogen and oxygen atoms in total. The average Bonchev–Trinajstić information content (AvgIpc) is 3.21. The zero-order chi connectivity index (χ0) is 16.9.